The van der Waals surface area contributed by atoms with Gasteiger partial charge in [-0.1, -0.05) is 6.07 Å². The molecular weight excluding hydrogens is 226 g/mol. The number of phenols is 1. The van der Waals surface area contributed by atoms with Gasteiger partial charge in [-0.25, -0.2) is 0 Å². The molecule has 1 amide bonds. The van der Waals surface area contributed by atoms with Crippen LogP contribution in [0.25, 0.3) is 0 Å². The van der Waals surface area contributed by atoms with Crippen molar-refractivity contribution in [1.82, 2.24) is 4.90 Å². The predicted octanol–water partition coefficient (Wildman–Crippen LogP) is 2.96. The van der Waals surface area contributed by atoms with E-state index in [0.29, 0.717) is 11.5 Å². The van der Waals surface area contributed by atoms with Crippen molar-refractivity contribution in [3.05, 3.63) is 29.3 Å². The molecule has 3 heteroatoms. The van der Waals surface area contributed by atoms with Crippen LogP contribution in [-0.2, 0) is 0 Å². The minimum absolute atomic E-state index is 0.0206. The first-order chi connectivity index (χ1) is 8.49. The Morgan fingerprint density at radius 1 is 1.44 bits per heavy atom. The molecule has 0 spiro atoms. The Hall–Kier alpha value is -1.51. The highest BCUT2D eigenvalue weighted by Crippen LogP contribution is 2.31. The molecule has 0 atom stereocenters. The first kappa shape index (κ1) is 12.9. The van der Waals surface area contributed by atoms with Gasteiger partial charge >= 0.3 is 0 Å². The lowest BCUT2D eigenvalue weighted by molar-refractivity contribution is 0.0696. The molecule has 1 aliphatic carbocycles. The van der Waals surface area contributed by atoms with E-state index in [9.17, 15) is 9.90 Å². The van der Waals surface area contributed by atoms with Crippen LogP contribution in [0, 0.1) is 12.8 Å². The predicted molar refractivity (Wildman–Crippen MR) is 71.7 cm³/mol. The molecule has 0 bridgehead atoms. The number of amides is 1. The van der Waals surface area contributed by atoms with Crippen LogP contribution in [0.5, 0.6) is 5.75 Å². The van der Waals surface area contributed by atoms with E-state index in [2.05, 4.69) is 0 Å². The molecule has 0 heterocycles. The summed E-state index contributed by atoms with van der Waals surface area (Å²) in [6.07, 6.45) is 2.46. The molecule has 0 radical (unpaired) electrons. The average Bonchev–Trinajstić information content (AvgIpc) is 3.12. The van der Waals surface area contributed by atoms with Gasteiger partial charge in [-0.2, -0.15) is 0 Å². The Morgan fingerprint density at radius 2 is 2.11 bits per heavy atom. The molecule has 1 aliphatic rings. The third-order valence-corrected chi connectivity index (χ3v) is 3.49. The van der Waals surface area contributed by atoms with Gasteiger partial charge in [-0.3, -0.25) is 4.79 Å². The summed E-state index contributed by atoms with van der Waals surface area (Å²) >= 11 is 0. The molecule has 1 aromatic carbocycles. The summed E-state index contributed by atoms with van der Waals surface area (Å²) in [7, 11) is 0. The van der Waals surface area contributed by atoms with Gasteiger partial charge in [-0.15, -0.1) is 0 Å². The summed E-state index contributed by atoms with van der Waals surface area (Å²) in [4.78, 5) is 14.3. The van der Waals surface area contributed by atoms with Gasteiger partial charge in [0.05, 0.1) is 0 Å². The van der Waals surface area contributed by atoms with Crippen LogP contribution in [-0.4, -0.2) is 28.5 Å². The third kappa shape index (κ3) is 2.84. The fourth-order valence-electron chi connectivity index (χ4n) is 2.02. The standard InChI is InChI=1S/C15H21NO2/c1-10(2)16(9-12-5-6-12)15(18)13-7-4-11(3)14(17)8-13/h4,7-8,10,12,17H,5-6,9H2,1-3H3. The number of rotatable bonds is 4. The van der Waals surface area contributed by atoms with Crippen molar-refractivity contribution in [2.24, 2.45) is 5.92 Å². The zero-order valence-electron chi connectivity index (χ0n) is 11.3. The number of carbonyl (C=O) groups excluding carboxylic acids is 1. The quantitative estimate of drug-likeness (QED) is 0.888. The van der Waals surface area contributed by atoms with Crippen LogP contribution in [0.15, 0.2) is 18.2 Å². The minimum atomic E-state index is 0.0206. The minimum Gasteiger partial charge on any atom is -0.508 e. The monoisotopic (exact) mass is 247 g/mol. The summed E-state index contributed by atoms with van der Waals surface area (Å²) < 4.78 is 0. The van der Waals surface area contributed by atoms with E-state index in [0.717, 1.165) is 12.1 Å². The first-order valence-corrected chi connectivity index (χ1v) is 6.59. The van der Waals surface area contributed by atoms with Crippen molar-refractivity contribution >= 4 is 5.91 Å². The van der Waals surface area contributed by atoms with Gasteiger partial charge in [0, 0.05) is 18.2 Å². The number of phenolic OH excluding ortho intramolecular Hbond substituents is 1. The second-order valence-corrected chi connectivity index (χ2v) is 5.50. The second kappa shape index (κ2) is 5.01. The van der Waals surface area contributed by atoms with Crippen LogP contribution < -0.4 is 0 Å². The highest BCUT2D eigenvalue weighted by atomic mass is 16.3. The summed E-state index contributed by atoms with van der Waals surface area (Å²) in [6.45, 7) is 6.74. The number of benzene rings is 1. The maximum absolute atomic E-state index is 12.4. The highest BCUT2D eigenvalue weighted by molar-refractivity contribution is 5.95. The number of aromatic hydroxyl groups is 1. The molecule has 0 aromatic heterocycles. The summed E-state index contributed by atoms with van der Waals surface area (Å²) in [5.41, 5.74) is 1.37. The number of nitrogens with zero attached hydrogens (tertiary/aromatic N) is 1. The van der Waals surface area contributed by atoms with E-state index in [1.54, 1.807) is 18.2 Å². The smallest absolute Gasteiger partial charge is 0.254 e. The van der Waals surface area contributed by atoms with Crippen LogP contribution in [0.2, 0.25) is 0 Å². The molecule has 0 saturated heterocycles. The van der Waals surface area contributed by atoms with Gasteiger partial charge in [-0.05, 0) is 57.2 Å². The van der Waals surface area contributed by atoms with E-state index >= 15 is 0 Å². The van der Waals surface area contributed by atoms with Crippen molar-refractivity contribution in [2.45, 2.75) is 39.7 Å². The van der Waals surface area contributed by atoms with Crippen molar-refractivity contribution < 1.29 is 9.90 Å². The molecule has 18 heavy (non-hydrogen) atoms. The van der Waals surface area contributed by atoms with E-state index in [-0.39, 0.29) is 17.7 Å². The maximum atomic E-state index is 12.4. The number of carbonyl (C=O) groups is 1. The van der Waals surface area contributed by atoms with Crippen molar-refractivity contribution in [3.8, 4) is 5.75 Å². The second-order valence-electron chi connectivity index (χ2n) is 5.50. The Morgan fingerprint density at radius 3 is 2.61 bits per heavy atom. The fraction of sp³-hybridized carbons (Fsp3) is 0.533. The van der Waals surface area contributed by atoms with Crippen LogP contribution in [0.3, 0.4) is 0 Å². The highest BCUT2D eigenvalue weighted by Gasteiger charge is 2.28. The fourth-order valence-corrected chi connectivity index (χ4v) is 2.02. The molecule has 0 unspecified atom stereocenters. The molecule has 2 rings (SSSR count). The zero-order chi connectivity index (χ0) is 13.3. The molecule has 1 N–H and O–H groups in total. The lowest BCUT2D eigenvalue weighted by atomic mass is 10.1. The zero-order valence-corrected chi connectivity index (χ0v) is 11.3. The van der Waals surface area contributed by atoms with Gasteiger partial charge in [0.1, 0.15) is 5.75 Å². The molecule has 1 aromatic rings. The molecule has 98 valence electrons. The SMILES string of the molecule is Cc1ccc(C(=O)N(CC2CC2)C(C)C)cc1O. The molecule has 3 nitrogen and oxygen atoms in total. The molecule has 0 aliphatic heterocycles. The van der Waals surface area contributed by atoms with E-state index in [4.69, 9.17) is 0 Å². The number of hydrogen-bond donors (Lipinski definition) is 1. The summed E-state index contributed by atoms with van der Waals surface area (Å²) in [5, 5.41) is 9.69. The van der Waals surface area contributed by atoms with E-state index in [1.807, 2.05) is 25.7 Å². The maximum Gasteiger partial charge on any atom is 0.254 e. The van der Waals surface area contributed by atoms with Crippen LogP contribution in [0.4, 0.5) is 0 Å². The first-order valence-electron chi connectivity index (χ1n) is 6.59. The van der Waals surface area contributed by atoms with Crippen molar-refractivity contribution in [3.63, 3.8) is 0 Å². The lowest BCUT2D eigenvalue weighted by Crippen LogP contribution is -2.38. The number of hydrogen-bond acceptors (Lipinski definition) is 2. The Bertz CT molecular complexity index is 450. The van der Waals surface area contributed by atoms with Crippen molar-refractivity contribution in [2.75, 3.05) is 6.54 Å². The number of aryl methyl sites for hydroxylation is 1. The molecule has 1 fully saturated rings. The molecular formula is C15H21NO2. The third-order valence-electron chi connectivity index (χ3n) is 3.49. The topological polar surface area (TPSA) is 40.5 Å². The average molecular weight is 247 g/mol. The molecule has 1 saturated carbocycles. The van der Waals surface area contributed by atoms with Gasteiger partial charge in [0.25, 0.3) is 5.91 Å². The van der Waals surface area contributed by atoms with Gasteiger partial charge < -0.3 is 10.0 Å². The van der Waals surface area contributed by atoms with E-state index in [1.165, 1.54) is 12.8 Å². The largest absolute Gasteiger partial charge is 0.508 e. The normalized spacial score (nSPS) is 14.9. The summed E-state index contributed by atoms with van der Waals surface area (Å²) in [5.74, 6) is 0.888. The van der Waals surface area contributed by atoms with Gasteiger partial charge in [0.2, 0.25) is 0 Å². The Kier molecular flexibility index (Phi) is 3.60. The van der Waals surface area contributed by atoms with Crippen molar-refractivity contribution in [1.29, 1.82) is 0 Å². The van der Waals surface area contributed by atoms with Gasteiger partial charge in [0.15, 0.2) is 0 Å². The van der Waals surface area contributed by atoms with Crippen LogP contribution in [0.1, 0.15) is 42.6 Å². The Balaban J connectivity index is 2.18. The lowest BCUT2D eigenvalue weighted by Gasteiger charge is -2.27. The van der Waals surface area contributed by atoms with Crippen LogP contribution >= 0.6 is 0 Å². The van der Waals surface area contributed by atoms with E-state index < -0.39 is 0 Å². The summed E-state index contributed by atoms with van der Waals surface area (Å²) in [6, 6.07) is 5.35. The Labute approximate surface area is 108 Å².